The topological polar surface area (TPSA) is 210 Å². The Kier molecular flexibility index (Phi) is 24.7. The fourth-order valence-electron chi connectivity index (χ4n) is 5.83. The zero-order valence-corrected chi connectivity index (χ0v) is 50.9. The summed E-state index contributed by atoms with van der Waals surface area (Å²) in [7, 11) is 0. The van der Waals surface area contributed by atoms with Gasteiger partial charge in [-0.2, -0.15) is 0 Å². The number of carbonyl (C=O) groups is 8. The Morgan fingerprint density at radius 1 is 0.304 bits per heavy atom. The van der Waals surface area contributed by atoms with Crippen LogP contribution in [0.15, 0.2) is 0 Å². The van der Waals surface area contributed by atoms with Crippen LogP contribution in [0.3, 0.4) is 0 Å². The molecule has 0 rings (SSSR count). The van der Waals surface area contributed by atoms with Gasteiger partial charge in [-0.3, -0.25) is 38.4 Å². The van der Waals surface area contributed by atoms with E-state index in [1.165, 1.54) is 0 Å². The maximum absolute atomic E-state index is 14.0. The average Bonchev–Trinajstić information content (AvgIpc) is 3.13. The second-order valence-electron chi connectivity index (χ2n) is 24.2. The zero-order valence-electron chi connectivity index (χ0n) is 44.5. The summed E-state index contributed by atoms with van der Waals surface area (Å²) in [6.45, 7) is 30.2. The van der Waals surface area contributed by atoms with Crippen molar-refractivity contribution in [1.82, 2.24) is 0 Å². The highest BCUT2D eigenvalue weighted by Crippen LogP contribution is 2.36. The number of hydrogen-bond acceptors (Lipinski definition) is 16. The molecule has 0 saturated carbocycles. The van der Waals surface area contributed by atoms with Crippen molar-refractivity contribution < 1.29 is 76.3 Å². The van der Waals surface area contributed by atoms with E-state index >= 15 is 0 Å². The first-order chi connectivity index (χ1) is 30.6. The molecule has 20 heteroatoms. The van der Waals surface area contributed by atoms with Gasteiger partial charge < -0.3 is 37.9 Å². The highest BCUT2D eigenvalue weighted by Gasteiger charge is 2.46. The lowest BCUT2D eigenvalue weighted by Crippen LogP contribution is -2.48. The van der Waals surface area contributed by atoms with E-state index in [-0.39, 0.29) is 25.7 Å². The number of carbonyl (C=O) groups excluding carboxylic acids is 8. The summed E-state index contributed by atoms with van der Waals surface area (Å²) in [6, 6.07) is 0. The number of rotatable bonds is 24. The summed E-state index contributed by atoms with van der Waals surface area (Å²) >= 11 is 13.3. The molecule has 4 atom stereocenters. The van der Waals surface area contributed by atoms with Crippen LogP contribution in [0.1, 0.15) is 164 Å². The van der Waals surface area contributed by atoms with Gasteiger partial charge in [-0.05, 0) is 164 Å². The van der Waals surface area contributed by atoms with Crippen LogP contribution in [0.4, 0.5) is 0 Å². The zero-order chi connectivity index (χ0) is 54.7. The molecule has 0 aromatic carbocycles. The smallest absolute Gasteiger partial charge is 0.320 e. The maximum atomic E-state index is 14.0. The number of halogens is 4. The molecule has 0 fully saturated rings. The first-order valence-electron chi connectivity index (χ1n) is 22.7. The van der Waals surface area contributed by atoms with Gasteiger partial charge in [-0.1, -0.05) is 63.7 Å². The lowest BCUT2D eigenvalue weighted by molar-refractivity contribution is -0.182. The van der Waals surface area contributed by atoms with Gasteiger partial charge >= 0.3 is 47.8 Å². The van der Waals surface area contributed by atoms with E-state index in [0.717, 1.165) is 0 Å². The van der Waals surface area contributed by atoms with Gasteiger partial charge in [0.25, 0.3) is 0 Å². The van der Waals surface area contributed by atoms with Crippen molar-refractivity contribution in [3.63, 3.8) is 0 Å². The molecule has 0 saturated heterocycles. The molecule has 0 radical (unpaired) electrons. The van der Waals surface area contributed by atoms with Gasteiger partial charge in [0.2, 0.25) is 0 Å². The summed E-state index contributed by atoms with van der Waals surface area (Å²) < 4.78 is 45.7. The van der Waals surface area contributed by atoms with Crippen LogP contribution in [-0.4, -0.2) is 116 Å². The molecule has 0 bridgehead atoms. The van der Waals surface area contributed by atoms with Gasteiger partial charge in [-0.25, -0.2) is 0 Å². The van der Waals surface area contributed by atoms with Crippen molar-refractivity contribution in [3.8, 4) is 0 Å². The molecular formula is C49H80Br4O16. The summed E-state index contributed by atoms with van der Waals surface area (Å²) in [6.07, 6.45) is -0.312. The van der Waals surface area contributed by atoms with Crippen LogP contribution in [0.5, 0.6) is 0 Å². The van der Waals surface area contributed by atoms with E-state index in [0.29, 0.717) is 0 Å². The van der Waals surface area contributed by atoms with Crippen molar-refractivity contribution in [2.24, 2.45) is 27.1 Å². The molecule has 0 aliphatic rings. The molecule has 0 spiro atoms. The molecule has 0 aromatic heterocycles. The molecule has 16 nitrogen and oxygen atoms in total. The van der Waals surface area contributed by atoms with Crippen LogP contribution in [0.25, 0.3) is 0 Å². The van der Waals surface area contributed by atoms with Crippen LogP contribution >= 0.6 is 63.7 Å². The summed E-state index contributed by atoms with van der Waals surface area (Å²) in [5, 5.41) is 0. The van der Waals surface area contributed by atoms with Crippen molar-refractivity contribution in [1.29, 1.82) is 0 Å². The fourth-order valence-corrected chi connectivity index (χ4v) is 9.44. The fraction of sp³-hybridized carbons (Fsp3) is 0.837. The monoisotopic (exact) mass is 1240 g/mol. The van der Waals surface area contributed by atoms with E-state index in [4.69, 9.17) is 37.9 Å². The van der Waals surface area contributed by atoms with Crippen molar-refractivity contribution in [2.45, 2.75) is 206 Å². The first kappa shape index (κ1) is 66.7. The van der Waals surface area contributed by atoms with E-state index in [1.54, 1.807) is 138 Å². The second-order valence-corrected chi connectivity index (χ2v) is 28.6. The standard InChI is InChI=1S/C49H80Br4O16/c1-41(2,3)66-33(54)29(50)21-45(13,14)37(58)62-25-49(26-63-38(59)46(15,16)22-30(51)34(55)67-42(4,5)6,27-64-39(60)47(17,18)23-31(52)35(56)68-43(7,8)9)28-65-40(61)48(19,20)24-32(53)36(57)69-44(10,11)12/h29-32H,21-28H2,1-20H3. The lowest BCUT2D eigenvalue weighted by atomic mass is 9.86. The summed E-state index contributed by atoms with van der Waals surface area (Å²) in [5.74, 6) is -5.70. The Morgan fingerprint density at radius 2 is 0.449 bits per heavy atom. The molecule has 400 valence electrons. The minimum atomic E-state index is -1.81. The van der Waals surface area contributed by atoms with Gasteiger partial charge in [0.15, 0.2) is 0 Å². The van der Waals surface area contributed by atoms with E-state index in [1.807, 2.05) is 0 Å². The predicted molar refractivity (Wildman–Crippen MR) is 274 cm³/mol. The molecule has 0 aliphatic heterocycles. The number of esters is 8. The first-order valence-corrected chi connectivity index (χ1v) is 26.4. The Labute approximate surface area is 444 Å². The number of hydrogen-bond donors (Lipinski definition) is 0. The minimum absolute atomic E-state index is 0.0780. The third-order valence-corrected chi connectivity index (χ3v) is 12.4. The van der Waals surface area contributed by atoms with E-state index in [2.05, 4.69) is 63.7 Å². The van der Waals surface area contributed by atoms with Gasteiger partial charge in [-0.15, -0.1) is 0 Å². The lowest BCUT2D eigenvalue weighted by Gasteiger charge is -2.36. The quantitative estimate of drug-likeness (QED) is 0.0500. The number of alkyl halides is 4. The molecular weight excluding hydrogens is 1160 g/mol. The van der Waals surface area contributed by atoms with Gasteiger partial charge in [0.05, 0.1) is 21.7 Å². The molecule has 0 heterocycles. The third kappa shape index (κ3) is 25.8. The minimum Gasteiger partial charge on any atom is -0.464 e. The van der Waals surface area contributed by atoms with Crippen molar-refractivity contribution in [3.05, 3.63) is 0 Å². The van der Waals surface area contributed by atoms with Crippen LogP contribution in [0.2, 0.25) is 0 Å². The highest BCUT2D eigenvalue weighted by atomic mass is 79.9. The average molecular weight is 1240 g/mol. The largest absolute Gasteiger partial charge is 0.464 e. The van der Waals surface area contributed by atoms with Crippen LogP contribution < -0.4 is 0 Å². The normalized spacial score (nSPS) is 15.8. The Morgan fingerprint density at radius 3 is 0.580 bits per heavy atom. The Balaban J connectivity index is 7.34. The Bertz CT molecular complexity index is 1550. The van der Waals surface area contributed by atoms with Crippen molar-refractivity contribution >= 4 is 111 Å². The van der Waals surface area contributed by atoms with E-state index in [9.17, 15) is 38.4 Å². The van der Waals surface area contributed by atoms with Gasteiger partial charge in [0, 0.05) is 0 Å². The molecule has 0 aliphatic carbocycles. The van der Waals surface area contributed by atoms with Crippen molar-refractivity contribution in [2.75, 3.05) is 26.4 Å². The molecule has 0 amide bonds. The Hall–Kier alpha value is -2.32. The predicted octanol–water partition coefficient (Wildman–Crippen LogP) is 10.2. The summed E-state index contributed by atoms with van der Waals surface area (Å²) in [4.78, 5) is 104. The van der Waals surface area contributed by atoms with Crippen LogP contribution in [0, 0.1) is 27.1 Å². The highest BCUT2D eigenvalue weighted by molar-refractivity contribution is 9.10. The number of ether oxygens (including phenoxy) is 8. The summed E-state index contributed by atoms with van der Waals surface area (Å²) in [5.41, 5.74) is -10.4. The molecule has 4 unspecified atom stereocenters. The molecule has 69 heavy (non-hydrogen) atoms. The molecule has 0 N–H and O–H groups in total. The van der Waals surface area contributed by atoms with Gasteiger partial charge in [0.1, 0.15) is 73.6 Å². The maximum Gasteiger partial charge on any atom is 0.320 e. The second kappa shape index (κ2) is 25.6. The third-order valence-electron chi connectivity index (χ3n) is 9.66. The van der Waals surface area contributed by atoms with Crippen LogP contribution in [-0.2, 0) is 76.3 Å². The molecule has 0 aromatic rings. The van der Waals surface area contributed by atoms with E-state index < -0.39 is 143 Å². The SMILES string of the molecule is CC(C)(C)OC(=O)C(Br)CC(C)(C)C(=O)OCC(COC(=O)C(C)(C)CC(Br)C(=O)OC(C)(C)C)(COC(=O)C(C)(C)CC(Br)C(=O)OC(C)(C)C)COC(=O)C(C)(C)CC(Br)C(=O)OC(C)(C)C.